The molecule has 0 saturated carbocycles. The van der Waals surface area contributed by atoms with Crippen molar-refractivity contribution in [2.75, 3.05) is 7.11 Å². The topological polar surface area (TPSA) is 44.1 Å². The fraction of sp³-hybridized carbons (Fsp3) is 0.455. The van der Waals surface area contributed by atoms with Crippen LogP contribution in [-0.2, 0) is 7.05 Å². The van der Waals surface area contributed by atoms with Crippen LogP contribution in [0.5, 0.6) is 5.75 Å². The summed E-state index contributed by atoms with van der Waals surface area (Å²) in [6.45, 7) is 2.04. The maximum Gasteiger partial charge on any atom is 0.286 e. The van der Waals surface area contributed by atoms with Crippen LogP contribution in [0.1, 0.15) is 25.3 Å². The zero-order valence-electron chi connectivity index (χ0n) is 9.20. The number of rotatable bonds is 2. The fourth-order valence-corrected chi connectivity index (χ4v) is 1.07. The van der Waals surface area contributed by atoms with Gasteiger partial charge in [-0.05, 0) is 6.42 Å². The average molecular weight is 206 g/mol. The van der Waals surface area contributed by atoms with Gasteiger partial charge in [0.2, 0.25) is 0 Å². The summed E-state index contributed by atoms with van der Waals surface area (Å²) in [5.74, 6) is 6.18. The molecule has 0 atom stereocenters. The third-order valence-electron chi connectivity index (χ3n) is 1.91. The molecule has 0 aliphatic rings. The summed E-state index contributed by atoms with van der Waals surface area (Å²) in [7, 11) is 3.09. The second kappa shape index (κ2) is 5.20. The lowest BCUT2D eigenvalue weighted by Gasteiger charge is -2.02. The lowest BCUT2D eigenvalue weighted by Crippen LogP contribution is -2.22. The van der Waals surface area contributed by atoms with Crippen LogP contribution >= 0.6 is 0 Å². The first kappa shape index (κ1) is 11.3. The van der Waals surface area contributed by atoms with E-state index in [1.807, 2.05) is 6.92 Å². The number of nitrogens with zero attached hydrogens (tertiary/aromatic N) is 2. The van der Waals surface area contributed by atoms with Crippen LogP contribution in [0.15, 0.2) is 11.0 Å². The van der Waals surface area contributed by atoms with Crippen molar-refractivity contribution in [3.8, 4) is 17.6 Å². The highest BCUT2D eigenvalue weighted by Gasteiger charge is 2.06. The molecule has 0 unspecified atom stereocenters. The minimum Gasteiger partial charge on any atom is -0.494 e. The van der Waals surface area contributed by atoms with Gasteiger partial charge in [-0.3, -0.25) is 4.79 Å². The third-order valence-corrected chi connectivity index (χ3v) is 1.91. The Morgan fingerprint density at radius 1 is 1.60 bits per heavy atom. The van der Waals surface area contributed by atoms with Gasteiger partial charge >= 0.3 is 0 Å². The van der Waals surface area contributed by atoms with Gasteiger partial charge in [0.25, 0.3) is 5.56 Å². The molecule has 0 aliphatic carbocycles. The van der Waals surface area contributed by atoms with E-state index < -0.39 is 0 Å². The van der Waals surface area contributed by atoms with E-state index in [0.29, 0.717) is 11.3 Å². The molecule has 1 aromatic rings. The minimum absolute atomic E-state index is 0.224. The van der Waals surface area contributed by atoms with E-state index in [4.69, 9.17) is 4.74 Å². The minimum atomic E-state index is -0.224. The van der Waals surface area contributed by atoms with Gasteiger partial charge in [-0.1, -0.05) is 18.8 Å². The molecular weight excluding hydrogens is 192 g/mol. The van der Waals surface area contributed by atoms with E-state index in [-0.39, 0.29) is 5.56 Å². The standard InChI is InChI=1S/C11H14N2O2/c1-4-5-6-7-9-10(15-3)8-12-13(2)11(9)14/h8H,4-5H2,1-3H3. The Labute approximate surface area is 88.9 Å². The van der Waals surface area contributed by atoms with Gasteiger partial charge in [0.1, 0.15) is 5.56 Å². The second-order valence-corrected chi connectivity index (χ2v) is 3.07. The molecule has 4 heteroatoms. The van der Waals surface area contributed by atoms with Crippen molar-refractivity contribution in [2.24, 2.45) is 7.05 Å². The summed E-state index contributed by atoms with van der Waals surface area (Å²) in [5.41, 5.74) is 0.154. The predicted octanol–water partition coefficient (Wildman–Crippen LogP) is 0.940. The first-order chi connectivity index (χ1) is 7.20. The number of methoxy groups -OCH3 is 1. The number of unbranched alkanes of at least 4 members (excludes halogenated alkanes) is 1. The Hall–Kier alpha value is -1.76. The van der Waals surface area contributed by atoms with E-state index in [0.717, 1.165) is 12.8 Å². The van der Waals surface area contributed by atoms with Crippen molar-refractivity contribution < 1.29 is 4.74 Å². The Bertz CT molecular complexity index is 452. The maximum atomic E-state index is 11.7. The van der Waals surface area contributed by atoms with Gasteiger partial charge in [-0.15, -0.1) is 0 Å². The molecule has 0 spiro atoms. The largest absolute Gasteiger partial charge is 0.494 e. The highest BCUT2D eigenvalue weighted by atomic mass is 16.5. The van der Waals surface area contributed by atoms with Crippen LogP contribution in [0.3, 0.4) is 0 Å². The molecule has 0 amide bonds. The molecule has 1 rings (SSSR count). The molecule has 0 fully saturated rings. The van der Waals surface area contributed by atoms with Crippen molar-refractivity contribution in [1.29, 1.82) is 0 Å². The third kappa shape index (κ3) is 2.59. The van der Waals surface area contributed by atoms with Crippen molar-refractivity contribution in [3.63, 3.8) is 0 Å². The molecule has 0 aliphatic heterocycles. The molecule has 0 saturated heterocycles. The van der Waals surface area contributed by atoms with Gasteiger partial charge in [0, 0.05) is 13.5 Å². The van der Waals surface area contributed by atoms with E-state index in [9.17, 15) is 4.79 Å². The summed E-state index contributed by atoms with van der Waals surface area (Å²) < 4.78 is 6.28. The van der Waals surface area contributed by atoms with Crippen LogP contribution in [0.2, 0.25) is 0 Å². The van der Waals surface area contributed by atoms with Crippen LogP contribution in [0, 0.1) is 11.8 Å². The first-order valence-electron chi connectivity index (χ1n) is 4.79. The van der Waals surface area contributed by atoms with E-state index in [2.05, 4.69) is 16.9 Å². The fourth-order valence-electron chi connectivity index (χ4n) is 1.07. The van der Waals surface area contributed by atoms with Crippen molar-refractivity contribution in [2.45, 2.75) is 19.8 Å². The predicted molar refractivity (Wildman–Crippen MR) is 57.8 cm³/mol. The first-order valence-corrected chi connectivity index (χ1v) is 4.79. The molecule has 0 radical (unpaired) electrons. The maximum absolute atomic E-state index is 11.7. The number of hydrogen-bond acceptors (Lipinski definition) is 3. The smallest absolute Gasteiger partial charge is 0.286 e. The number of hydrogen-bond donors (Lipinski definition) is 0. The Kier molecular flexibility index (Phi) is 3.92. The quantitative estimate of drug-likeness (QED) is 0.676. The summed E-state index contributed by atoms with van der Waals surface area (Å²) >= 11 is 0. The summed E-state index contributed by atoms with van der Waals surface area (Å²) in [5, 5.41) is 3.85. The van der Waals surface area contributed by atoms with E-state index in [1.54, 1.807) is 7.05 Å². The molecule has 80 valence electrons. The monoisotopic (exact) mass is 206 g/mol. The molecule has 4 nitrogen and oxygen atoms in total. The van der Waals surface area contributed by atoms with Crippen molar-refractivity contribution >= 4 is 0 Å². The van der Waals surface area contributed by atoms with Crippen molar-refractivity contribution in [1.82, 2.24) is 9.78 Å². The van der Waals surface area contributed by atoms with Gasteiger partial charge in [-0.25, -0.2) is 4.68 Å². The van der Waals surface area contributed by atoms with Crippen LogP contribution < -0.4 is 10.3 Å². The Morgan fingerprint density at radius 2 is 2.33 bits per heavy atom. The lowest BCUT2D eigenvalue weighted by atomic mass is 10.2. The van der Waals surface area contributed by atoms with Gasteiger partial charge in [-0.2, -0.15) is 5.10 Å². The van der Waals surface area contributed by atoms with Gasteiger partial charge < -0.3 is 4.74 Å². The van der Waals surface area contributed by atoms with E-state index >= 15 is 0 Å². The normalized spacial score (nSPS) is 9.27. The Morgan fingerprint density at radius 3 is 2.93 bits per heavy atom. The zero-order chi connectivity index (χ0) is 11.3. The van der Waals surface area contributed by atoms with E-state index in [1.165, 1.54) is 18.0 Å². The van der Waals surface area contributed by atoms with Crippen LogP contribution in [0.25, 0.3) is 0 Å². The number of ether oxygens (including phenoxy) is 1. The molecule has 0 N–H and O–H groups in total. The van der Waals surface area contributed by atoms with Crippen molar-refractivity contribution in [3.05, 3.63) is 22.1 Å². The highest BCUT2D eigenvalue weighted by molar-refractivity contribution is 5.42. The van der Waals surface area contributed by atoms with Crippen LogP contribution in [-0.4, -0.2) is 16.9 Å². The number of aryl methyl sites for hydroxylation is 1. The second-order valence-electron chi connectivity index (χ2n) is 3.07. The van der Waals surface area contributed by atoms with Gasteiger partial charge in [0.15, 0.2) is 5.75 Å². The molecule has 15 heavy (non-hydrogen) atoms. The zero-order valence-corrected chi connectivity index (χ0v) is 9.20. The molecular formula is C11H14N2O2. The molecule has 1 heterocycles. The van der Waals surface area contributed by atoms with Gasteiger partial charge in [0.05, 0.1) is 13.3 Å². The molecule has 0 bridgehead atoms. The summed E-state index contributed by atoms with van der Waals surface area (Å²) in [6, 6.07) is 0. The Balaban J connectivity index is 3.20. The average Bonchev–Trinajstić information content (AvgIpc) is 2.25. The summed E-state index contributed by atoms with van der Waals surface area (Å²) in [6.07, 6.45) is 3.24. The molecule has 0 aromatic carbocycles. The SMILES string of the molecule is CCCC#Cc1c(OC)cnn(C)c1=O. The van der Waals surface area contributed by atoms with Crippen LogP contribution in [0.4, 0.5) is 0 Å². The molecule has 1 aromatic heterocycles. The highest BCUT2D eigenvalue weighted by Crippen LogP contribution is 2.09. The lowest BCUT2D eigenvalue weighted by molar-refractivity contribution is 0.406. The summed E-state index contributed by atoms with van der Waals surface area (Å²) in [4.78, 5) is 11.7. The number of aromatic nitrogens is 2.